The number of pyridine rings is 1. The first kappa shape index (κ1) is 13.8. The number of rotatable bonds is 2. The Labute approximate surface area is 117 Å². The lowest BCUT2D eigenvalue weighted by Crippen LogP contribution is -2.12. The summed E-state index contributed by atoms with van der Waals surface area (Å²) < 4.78 is 0. The van der Waals surface area contributed by atoms with Gasteiger partial charge in [0.1, 0.15) is 6.61 Å². The second-order valence-corrected chi connectivity index (χ2v) is 4.19. The Balaban J connectivity index is 2.15. The predicted octanol–water partition coefficient (Wildman–Crippen LogP) is 1.99. The third kappa shape index (κ3) is 3.44. The lowest BCUT2D eigenvalue weighted by Gasteiger charge is -2.07. The quantitative estimate of drug-likeness (QED) is 0.817. The summed E-state index contributed by atoms with van der Waals surface area (Å²) in [7, 11) is 0. The molecular formula is C16H14N2O2. The maximum absolute atomic E-state index is 12.0. The highest BCUT2D eigenvalue weighted by molar-refractivity contribution is 6.04. The van der Waals surface area contributed by atoms with Crippen molar-refractivity contribution in [2.75, 3.05) is 11.9 Å². The van der Waals surface area contributed by atoms with E-state index in [0.717, 1.165) is 11.1 Å². The maximum Gasteiger partial charge on any atom is 0.257 e. The van der Waals surface area contributed by atoms with Crippen LogP contribution in [0.25, 0.3) is 0 Å². The summed E-state index contributed by atoms with van der Waals surface area (Å²) >= 11 is 0. The SMILES string of the molecule is Cc1cc(NC(=O)c2cccnc2)ccc1C#CCO. The molecular weight excluding hydrogens is 252 g/mol. The zero-order valence-corrected chi connectivity index (χ0v) is 11.1. The fourth-order valence-corrected chi connectivity index (χ4v) is 1.72. The van der Waals surface area contributed by atoms with E-state index < -0.39 is 0 Å². The van der Waals surface area contributed by atoms with E-state index in [1.807, 2.05) is 19.1 Å². The first-order valence-electron chi connectivity index (χ1n) is 6.12. The Bertz CT molecular complexity index is 670. The monoisotopic (exact) mass is 266 g/mol. The molecule has 2 aromatic rings. The molecule has 1 amide bonds. The van der Waals surface area contributed by atoms with Gasteiger partial charge in [-0.2, -0.15) is 0 Å². The van der Waals surface area contributed by atoms with E-state index in [1.54, 1.807) is 24.4 Å². The standard InChI is InChI=1S/C16H14N2O2/c1-12-10-15(7-6-13(12)5-3-9-19)18-16(20)14-4-2-8-17-11-14/h2,4,6-8,10-11,19H,9H2,1H3,(H,18,20). The van der Waals surface area contributed by atoms with Gasteiger partial charge in [0.2, 0.25) is 0 Å². The fourth-order valence-electron chi connectivity index (χ4n) is 1.72. The molecule has 0 radical (unpaired) electrons. The van der Waals surface area contributed by atoms with Crippen molar-refractivity contribution < 1.29 is 9.90 Å². The van der Waals surface area contributed by atoms with Gasteiger partial charge in [-0.1, -0.05) is 11.8 Å². The fraction of sp³-hybridized carbons (Fsp3) is 0.125. The Hall–Kier alpha value is -2.64. The summed E-state index contributed by atoms with van der Waals surface area (Å²) in [6.07, 6.45) is 3.14. The number of anilines is 1. The van der Waals surface area contributed by atoms with E-state index >= 15 is 0 Å². The van der Waals surface area contributed by atoms with Crippen LogP contribution in [0.5, 0.6) is 0 Å². The van der Waals surface area contributed by atoms with Crippen LogP contribution >= 0.6 is 0 Å². The normalized spacial score (nSPS) is 9.50. The van der Waals surface area contributed by atoms with Gasteiger partial charge in [-0.25, -0.2) is 0 Å². The van der Waals surface area contributed by atoms with Crippen LogP contribution < -0.4 is 5.32 Å². The molecule has 100 valence electrons. The average molecular weight is 266 g/mol. The van der Waals surface area contributed by atoms with E-state index in [9.17, 15) is 4.79 Å². The largest absolute Gasteiger partial charge is 0.384 e. The van der Waals surface area contributed by atoms with Crippen molar-refractivity contribution in [3.05, 3.63) is 59.4 Å². The molecule has 0 aliphatic heterocycles. The van der Waals surface area contributed by atoms with E-state index in [1.165, 1.54) is 6.20 Å². The van der Waals surface area contributed by atoms with Crippen molar-refractivity contribution in [2.45, 2.75) is 6.92 Å². The summed E-state index contributed by atoms with van der Waals surface area (Å²) in [6.45, 7) is 1.74. The molecule has 1 aromatic heterocycles. The zero-order chi connectivity index (χ0) is 14.4. The maximum atomic E-state index is 12.0. The number of hydrogen-bond acceptors (Lipinski definition) is 3. The molecule has 0 spiro atoms. The molecule has 0 bridgehead atoms. The molecule has 0 saturated carbocycles. The predicted molar refractivity (Wildman–Crippen MR) is 77.3 cm³/mol. The van der Waals surface area contributed by atoms with Gasteiger partial charge >= 0.3 is 0 Å². The molecule has 2 N–H and O–H groups in total. The third-order valence-corrected chi connectivity index (χ3v) is 2.71. The third-order valence-electron chi connectivity index (χ3n) is 2.71. The Morgan fingerprint density at radius 3 is 2.90 bits per heavy atom. The van der Waals surface area contributed by atoms with Crippen LogP contribution in [-0.2, 0) is 0 Å². The van der Waals surface area contributed by atoms with E-state index in [2.05, 4.69) is 22.1 Å². The van der Waals surface area contributed by atoms with E-state index in [0.29, 0.717) is 11.3 Å². The highest BCUT2D eigenvalue weighted by Crippen LogP contribution is 2.15. The van der Waals surface area contributed by atoms with Gasteiger partial charge in [-0.15, -0.1) is 0 Å². The van der Waals surface area contributed by atoms with Crippen molar-refractivity contribution >= 4 is 11.6 Å². The zero-order valence-electron chi connectivity index (χ0n) is 11.1. The topological polar surface area (TPSA) is 62.2 Å². The van der Waals surface area contributed by atoms with Crippen LogP contribution in [0.4, 0.5) is 5.69 Å². The van der Waals surface area contributed by atoms with Crippen molar-refractivity contribution in [3.63, 3.8) is 0 Å². The van der Waals surface area contributed by atoms with Crippen LogP contribution in [0.3, 0.4) is 0 Å². The number of aliphatic hydroxyl groups is 1. The van der Waals surface area contributed by atoms with E-state index in [4.69, 9.17) is 5.11 Å². The number of aromatic nitrogens is 1. The molecule has 4 heteroatoms. The second kappa shape index (κ2) is 6.50. The van der Waals surface area contributed by atoms with Gasteiger partial charge in [0.25, 0.3) is 5.91 Å². The summed E-state index contributed by atoms with van der Waals surface area (Å²) in [4.78, 5) is 15.9. The van der Waals surface area contributed by atoms with Crippen LogP contribution in [-0.4, -0.2) is 22.6 Å². The molecule has 0 fully saturated rings. The lowest BCUT2D eigenvalue weighted by molar-refractivity contribution is 0.102. The van der Waals surface area contributed by atoms with Gasteiger partial charge in [0.05, 0.1) is 5.56 Å². The number of aryl methyl sites for hydroxylation is 1. The number of aliphatic hydroxyl groups excluding tert-OH is 1. The van der Waals surface area contributed by atoms with E-state index in [-0.39, 0.29) is 12.5 Å². The molecule has 0 aliphatic rings. The van der Waals surface area contributed by atoms with Crippen LogP contribution in [0, 0.1) is 18.8 Å². The molecule has 1 heterocycles. The summed E-state index contributed by atoms with van der Waals surface area (Å²) in [5.74, 6) is 5.25. The number of nitrogens with one attached hydrogen (secondary N) is 1. The molecule has 0 aliphatic carbocycles. The van der Waals surface area contributed by atoms with Gasteiger partial charge in [-0.05, 0) is 42.8 Å². The first-order valence-corrected chi connectivity index (χ1v) is 6.12. The van der Waals surface area contributed by atoms with Crippen LogP contribution in [0.1, 0.15) is 21.5 Å². The molecule has 0 saturated heterocycles. The summed E-state index contributed by atoms with van der Waals surface area (Å²) in [6, 6.07) is 8.86. The minimum atomic E-state index is -0.202. The average Bonchev–Trinajstić information content (AvgIpc) is 2.47. The summed E-state index contributed by atoms with van der Waals surface area (Å²) in [5, 5.41) is 11.5. The van der Waals surface area contributed by atoms with Crippen LogP contribution in [0.2, 0.25) is 0 Å². The van der Waals surface area contributed by atoms with Gasteiger partial charge in [0, 0.05) is 23.6 Å². The lowest BCUT2D eigenvalue weighted by atomic mass is 10.1. The van der Waals surface area contributed by atoms with Crippen LogP contribution in [0.15, 0.2) is 42.7 Å². The van der Waals surface area contributed by atoms with Crippen molar-refractivity contribution in [2.24, 2.45) is 0 Å². The number of benzene rings is 1. The highest BCUT2D eigenvalue weighted by atomic mass is 16.2. The molecule has 20 heavy (non-hydrogen) atoms. The van der Waals surface area contributed by atoms with Gasteiger partial charge in [-0.3, -0.25) is 9.78 Å². The number of nitrogens with zero attached hydrogens (tertiary/aromatic N) is 1. The van der Waals surface area contributed by atoms with Gasteiger partial charge < -0.3 is 10.4 Å². The summed E-state index contributed by atoms with van der Waals surface area (Å²) in [5.41, 5.74) is 2.98. The first-order chi connectivity index (χ1) is 9.70. The number of carbonyl (C=O) groups is 1. The van der Waals surface area contributed by atoms with Crippen molar-refractivity contribution in [1.29, 1.82) is 0 Å². The Morgan fingerprint density at radius 2 is 2.25 bits per heavy atom. The van der Waals surface area contributed by atoms with Gasteiger partial charge in [0.15, 0.2) is 0 Å². The molecule has 2 rings (SSSR count). The van der Waals surface area contributed by atoms with Crippen molar-refractivity contribution in [3.8, 4) is 11.8 Å². The molecule has 4 nitrogen and oxygen atoms in total. The van der Waals surface area contributed by atoms with Crippen molar-refractivity contribution in [1.82, 2.24) is 4.98 Å². The molecule has 1 aromatic carbocycles. The number of amides is 1. The highest BCUT2D eigenvalue weighted by Gasteiger charge is 2.06. The minimum absolute atomic E-state index is 0.168. The Kier molecular flexibility index (Phi) is 4.48. The Morgan fingerprint density at radius 1 is 1.40 bits per heavy atom. The smallest absolute Gasteiger partial charge is 0.257 e. The molecule has 0 unspecified atom stereocenters. The number of carbonyl (C=O) groups excluding carboxylic acids is 1. The minimum Gasteiger partial charge on any atom is -0.384 e. The number of hydrogen-bond donors (Lipinski definition) is 2. The molecule has 0 atom stereocenters. The second-order valence-electron chi connectivity index (χ2n) is 4.19.